The first-order valence-corrected chi connectivity index (χ1v) is 5.79. The number of carbonyl (C=O) groups is 1. The third kappa shape index (κ3) is 1.62. The monoisotopic (exact) mass is 243 g/mol. The van der Waals surface area contributed by atoms with Crippen molar-refractivity contribution in [3.8, 4) is 0 Å². The number of β-lactam (4-membered cyclic amide) rings is 1. The summed E-state index contributed by atoms with van der Waals surface area (Å²) in [6, 6.07) is 9.55. The zero-order chi connectivity index (χ0) is 10.9. The van der Waals surface area contributed by atoms with Crippen molar-refractivity contribution in [3.63, 3.8) is 0 Å². The molecule has 0 bridgehead atoms. The third-order valence-corrected chi connectivity index (χ3v) is 3.76. The normalized spacial score (nSPS) is 18.8. The highest BCUT2D eigenvalue weighted by Crippen LogP contribution is 2.37. The average molecular weight is 244 g/mol. The molecule has 0 radical (unpaired) electrons. The summed E-state index contributed by atoms with van der Waals surface area (Å²) in [5.74, 6) is 0.607. The van der Waals surface area contributed by atoms with Gasteiger partial charge in [-0.1, -0.05) is 18.2 Å². The van der Waals surface area contributed by atoms with Gasteiger partial charge in [-0.2, -0.15) is 0 Å². The van der Waals surface area contributed by atoms with Crippen LogP contribution in [0.5, 0.6) is 0 Å². The van der Waals surface area contributed by atoms with E-state index >= 15 is 0 Å². The highest BCUT2D eigenvalue weighted by atomic mass is 35.5. The molecule has 2 nitrogen and oxygen atoms in total. The van der Waals surface area contributed by atoms with Crippen LogP contribution in [0.15, 0.2) is 30.3 Å². The van der Waals surface area contributed by atoms with Crippen LogP contribution in [0, 0.1) is 5.41 Å². The van der Waals surface area contributed by atoms with Gasteiger partial charge in [0.05, 0.1) is 5.41 Å². The first-order chi connectivity index (χ1) is 7.23. The molecule has 1 aliphatic heterocycles. The Morgan fingerprint density at radius 2 is 1.80 bits per heavy atom. The molecule has 0 saturated carbocycles. The van der Waals surface area contributed by atoms with Crippen LogP contribution in [0.25, 0.3) is 0 Å². The van der Waals surface area contributed by atoms with Gasteiger partial charge in [0.15, 0.2) is 0 Å². The number of alkyl halides is 2. The Kier molecular flexibility index (Phi) is 2.89. The van der Waals surface area contributed by atoms with Crippen molar-refractivity contribution in [2.75, 3.05) is 23.2 Å². The van der Waals surface area contributed by atoms with E-state index in [1.165, 1.54) is 0 Å². The second-order valence-corrected chi connectivity index (χ2v) is 4.31. The summed E-state index contributed by atoms with van der Waals surface area (Å²) in [6.07, 6.45) is 0. The number of anilines is 1. The smallest absolute Gasteiger partial charge is 0.237 e. The minimum absolute atomic E-state index is 0.0266. The fourth-order valence-electron chi connectivity index (χ4n) is 1.69. The van der Waals surface area contributed by atoms with Crippen LogP contribution < -0.4 is 4.90 Å². The van der Waals surface area contributed by atoms with E-state index in [9.17, 15) is 4.79 Å². The first kappa shape index (κ1) is 10.8. The quantitative estimate of drug-likeness (QED) is 0.591. The van der Waals surface area contributed by atoms with E-state index in [-0.39, 0.29) is 5.91 Å². The third-order valence-electron chi connectivity index (χ3n) is 2.74. The molecule has 0 unspecified atom stereocenters. The minimum Gasteiger partial charge on any atom is -0.311 e. The van der Waals surface area contributed by atoms with Gasteiger partial charge >= 0.3 is 0 Å². The van der Waals surface area contributed by atoms with E-state index < -0.39 is 5.41 Å². The Morgan fingerprint density at radius 1 is 1.20 bits per heavy atom. The predicted octanol–water partition coefficient (Wildman–Crippen LogP) is 2.50. The molecule has 1 fully saturated rings. The van der Waals surface area contributed by atoms with Gasteiger partial charge in [-0.05, 0) is 12.1 Å². The maximum atomic E-state index is 11.9. The fourth-order valence-corrected chi connectivity index (χ4v) is 2.37. The molecule has 0 spiro atoms. The number of halogens is 2. The molecule has 15 heavy (non-hydrogen) atoms. The number of para-hydroxylation sites is 1. The molecule has 1 aromatic carbocycles. The Balaban J connectivity index is 2.16. The minimum atomic E-state index is -0.543. The number of benzene rings is 1. The molecule has 0 aliphatic carbocycles. The summed E-state index contributed by atoms with van der Waals surface area (Å²) in [5, 5.41) is 0. The van der Waals surface area contributed by atoms with Crippen molar-refractivity contribution < 1.29 is 4.79 Å². The van der Waals surface area contributed by atoms with Crippen molar-refractivity contribution in [2.24, 2.45) is 5.41 Å². The van der Waals surface area contributed by atoms with Crippen molar-refractivity contribution in [3.05, 3.63) is 30.3 Å². The van der Waals surface area contributed by atoms with Gasteiger partial charge in [0.25, 0.3) is 0 Å². The number of amides is 1. The largest absolute Gasteiger partial charge is 0.311 e. The lowest BCUT2D eigenvalue weighted by Gasteiger charge is -2.46. The predicted molar refractivity (Wildman–Crippen MR) is 62.7 cm³/mol. The van der Waals surface area contributed by atoms with Gasteiger partial charge in [0, 0.05) is 24.0 Å². The summed E-state index contributed by atoms with van der Waals surface area (Å²) in [5.41, 5.74) is 0.368. The maximum absolute atomic E-state index is 11.9. The van der Waals surface area contributed by atoms with Crippen LogP contribution >= 0.6 is 23.2 Å². The number of rotatable bonds is 3. The van der Waals surface area contributed by atoms with Gasteiger partial charge in [-0.25, -0.2) is 0 Å². The molecule has 1 amide bonds. The molecule has 1 aliphatic rings. The van der Waals surface area contributed by atoms with Crippen LogP contribution in [0.1, 0.15) is 0 Å². The van der Waals surface area contributed by atoms with E-state index in [1.807, 2.05) is 30.3 Å². The van der Waals surface area contributed by atoms with Crippen molar-refractivity contribution >= 4 is 34.8 Å². The van der Waals surface area contributed by atoms with Crippen molar-refractivity contribution in [1.29, 1.82) is 0 Å². The number of hydrogen-bond donors (Lipinski definition) is 0. The Bertz CT molecular complexity index is 362. The number of carbonyl (C=O) groups excluding carboxylic acids is 1. The molecule has 1 saturated heterocycles. The first-order valence-electron chi connectivity index (χ1n) is 4.72. The summed E-state index contributed by atoms with van der Waals surface area (Å²) in [6.45, 7) is 0.614. The van der Waals surface area contributed by atoms with E-state index in [0.29, 0.717) is 18.3 Å². The lowest BCUT2D eigenvalue weighted by molar-refractivity contribution is -0.132. The van der Waals surface area contributed by atoms with E-state index in [0.717, 1.165) is 5.69 Å². The topological polar surface area (TPSA) is 20.3 Å². The molecule has 80 valence electrons. The van der Waals surface area contributed by atoms with Crippen LogP contribution in [-0.4, -0.2) is 24.2 Å². The molecule has 0 aromatic heterocycles. The second-order valence-electron chi connectivity index (χ2n) is 3.77. The summed E-state index contributed by atoms with van der Waals surface area (Å²) >= 11 is 11.6. The van der Waals surface area contributed by atoms with Crippen LogP contribution in [-0.2, 0) is 4.79 Å². The lowest BCUT2D eigenvalue weighted by Crippen LogP contribution is -2.64. The molecular formula is C11H11Cl2NO. The highest BCUT2D eigenvalue weighted by Gasteiger charge is 2.51. The molecule has 0 N–H and O–H groups in total. The maximum Gasteiger partial charge on any atom is 0.237 e. The van der Waals surface area contributed by atoms with Crippen LogP contribution in [0.4, 0.5) is 5.69 Å². The number of hydrogen-bond acceptors (Lipinski definition) is 1. The van der Waals surface area contributed by atoms with Crippen molar-refractivity contribution in [1.82, 2.24) is 0 Å². The van der Waals surface area contributed by atoms with E-state index in [1.54, 1.807) is 4.90 Å². The van der Waals surface area contributed by atoms with Crippen LogP contribution in [0.2, 0.25) is 0 Å². The van der Waals surface area contributed by atoms with Gasteiger partial charge < -0.3 is 4.90 Å². The average Bonchev–Trinajstić information content (AvgIpc) is 2.30. The zero-order valence-electron chi connectivity index (χ0n) is 8.12. The number of nitrogens with zero attached hydrogens (tertiary/aromatic N) is 1. The molecule has 1 heterocycles. The molecule has 4 heteroatoms. The van der Waals surface area contributed by atoms with Gasteiger partial charge in [-0.3, -0.25) is 4.79 Å². The summed E-state index contributed by atoms with van der Waals surface area (Å²) in [7, 11) is 0. The highest BCUT2D eigenvalue weighted by molar-refractivity contribution is 6.26. The Morgan fingerprint density at radius 3 is 2.27 bits per heavy atom. The molecule has 0 atom stereocenters. The van der Waals surface area contributed by atoms with E-state index in [2.05, 4.69) is 0 Å². The van der Waals surface area contributed by atoms with Gasteiger partial charge in [0.2, 0.25) is 5.91 Å². The summed E-state index contributed by atoms with van der Waals surface area (Å²) < 4.78 is 0. The Labute approximate surface area is 98.8 Å². The standard InChI is InChI=1S/C11H11Cl2NO/c12-6-11(7-13)8-14(10(11)15)9-4-2-1-3-5-9/h1-5H,6-8H2. The van der Waals surface area contributed by atoms with Gasteiger partial charge in [0.1, 0.15) is 0 Å². The lowest BCUT2D eigenvalue weighted by atomic mass is 9.82. The van der Waals surface area contributed by atoms with Gasteiger partial charge in [-0.15, -0.1) is 23.2 Å². The Hall–Kier alpha value is -0.730. The molecular weight excluding hydrogens is 233 g/mol. The molecule has 1 aromatic rings. The summed E-state index contributed by atoms with van der Waals surface area (Å²) in [4.78, 5) is 13.6. The second kappa shape index (κ2) is 4.03. The van der Waals surface area contributed by atoms with E-state index in [4.69, 9.17) is 23.2 Å². The SMILES string of the molecule is O=C1N(c2ccccc2)CC1(CCl)CCl. The van der Waals surface area contributed by atoms with Crippen LogP contribution in [0.3, 0.4) is 0 Å². The molecule has 2 rings (SSSR count). The fraction of sp³-hybridized carbons (Fsp3) is 0.364. The van der Waals surface area contributed by atoms with Crippen molar-refractivity contribution in [2.45, 2.75) is 0 Å². The zero-order valence-corrected chi connectivity index (χ0v) is 9.63.